The average molecular weight is 222 g/mol. The Hall–Kier alpha value is -1.91. The van der Waals surface area contributed by atoms with Crippen LogP contribution in [0.25, 0.3) is 0 Å². The summed E-state index contributed by atoms with van der Waals surface area (Å²) in [6.45, 7) is 0. The van der Waals surface area contributed by atoms with E-state index in [4.69, 9.17) is 0 Å². The molecular weight excluding hydrogens is 211 g/mol. The molecule has 1 aromatic rings. The summed E-state index contributed by atoms with van der Waals surface area (Å²) in [4.78, 5) is 23.8. The van der Waals surface area contributed by atoms with Gasteiger partial charge in [0.15, 0.2) is 0 Å². The highest BCUT2D eigenvalue weighted by Crippen LogP contribution is 2.19. The third-order valence-corrected chi connectivity index (χ3v) is 2.59. The fourth-order valence-corrected chi connectivity index (χ4v) is 1.63. The summed E-state index contributed by atoms with van der Waals surface area (Å²) in [6.07, 6.45) is 0.0731. The molecule has 0 spiro atoms. The minimum Gasteiger partial charge on any atom is -0.371 e. The smallest absolute Gasteiger partial charge is 0.251 e. The molecule has 4 nitrogen and oxygen atoms in total. The summed E-state index contributed by atoms with van der Waals surface area (Å²) in [5, 5.41) is 2.73. The van der Waals surface area contributed by atoms with Crippen LogP contribution in [-0.4, -0.2) is 29.8 Å². The first-order valence-corrected chi connectivity index (χ1v) is 4.91. The zero-order chi connectivity index (χ0) is 11.7. The third-order valence-electron chi connectivity index (χ3n) is 2.59. The summed E-state index contributed by atoms with van der Waals surface area (Å²) >= 11 is 0. The van der Waals surface area contributed by atoms with Gasteiger partial charge in [-0.15, -0.1) is 0 Å². The number of carbonyl (C=O) groups excluding carboxylic acids is 2. The van der Waals surface area contributed by atoms with E-state index < -0.39 is 11.9 Å². The maximum absolute atomic E-state index is 13.3. The quantitative estimate of drug-likeness (QED) is 0.759. The van der Waals surface area contributed by atoms with E-state index in [1.54, 1.807) is 12.1 Å². The molecule has 0 aliphatic carbocycles. The second kappa shape index (κ2) is 3.92. The maximum Gasteiger partial charge on any atom is 0.251 e. The highest BCUT2D eigenvalue weighted by atomic mass is 19.1. The highest BCUT2D eigenvalue weighted by Gasteiger charge is 2.36. The Bertz CT molecular complexity index is 447. The van der Waals surface area contributed by atoms with Gasteiger partial charge in [-0.3, -0.25) is 14.5 Å². The van der Waals surface area contributed by atoms with Crippen LogP contribution < -0.4 is 5.32 Å². The SMILES string of the molecule is CN1C(=O)CC(Nc2ccccc2F)C1=O. The van der Waals surface area contributed by atoms with Gasteiger partial charge in [-0.25, -0.2) is 4.39 Å². The van der Waals surface area contributed by atoms with Crippen LogP contribution in [-0.2, 0) is 9.59 Å². The second-order valence-electron chi connectivity index (χ2n) is 3.67. The van der Waals surface area contributed by atoms with Crippen molar-refractivity contribution in [3.63, 3.8) is 0 Å². The van der Waals surface area contributed by atoms with Crippen molar-refractivity contribution in [2.24, 2.45) is 0 Å². The van der Waals surface area contributed by atoms with Crippen molar-refractivity contribution in [3.05, 3.63) is 30.1 Å². The first kappa shape index (κ1) is 10.6. The van der Waals surface area contributed by atoms with Crippen LogP contribution in [0.4, 0.5) is 10.1 Å². The average Bonchev–Trinajstić information content (AvgIpc) is 2.50. The van der Waals surface area contributed by atoms with Crippen molar-refractivity contribution in [1.82, 2.24) is 4.90 Å². The number of para-hydroxylation sites is 1. The molecule has 0 bridgehead atoms. The minimum atomic E-state index is -0.658. The van der Waals surface area contributed by atoms with Crippen molar-refractivity contribution < 1.29 is 14.0 Å². The number of hydrogen-bond acceptors (Lipinski definition) is 3. The zero-order valence-electron chi connectivity index (χ0n) is 8.74. The fourth-order valence-electron chi connectivity index (χ4n) is 1.63. The normalized spacial score (nSPS) is 20.4. The van der Waals surface area contributed by atoms with Gasteiger partial charge in [0.25, 0.3) is 5.91 Å². The van der Waals surface area contributed by atoms with Gasteiger partial charge in [0.1, 0.15) is 11.9 Å². The lowest BCUT2D eigenvalue weighted by Gasteiger charge is -2.12. The van der Waals surface area contributed by atoms with Crippen LogP contribution in [0.5, 0.6) is 0 Å². The Morgan fingerprint density at radius 3 is 2.62 bits per heavy atom. The number of rotatable bonds is 2. The van der Waals surface area contributed by atoms with Gasteiger partial charge in [0.05, 0.1) is 12.1 Å². The van der Waals surface area contributed by atoms with Crippen molar-refractivity contribution in [2.75, 3.05) is 12.4 Å². The number of amides is 2. The monoisotopic (exact) mass is 222 g/mol. The third kappa shape index (κ3) is 1.76. The van der Waals surface area contributed by atoms with Crippen LogP contribution in [0.15, 0.2) is 24.3 Å². The summed E-state index contributed by atoms with van der Waals surface area (Å²) in [5.74, 6) is -1.01. The Kier molecular flexibility index (Phi) is 2.60. The second-order valence-corrected chi connectivity index (χ2v) is 3.67. The number of imide groups is 1. The first-order valence-electron chi connectivity index (χ1n) is 4.91. The molecule has 0 aromatic heterocycles. The Balaban J connectivity index is 2.15. The molecule has 0 radical (unpaired) electrons. The van der Waals surface area contributed by atoms with Gasteiger partial charge in [-0.2, -0.15) is 0 Å². The van der Waals surface area contributed by atoms with Gasteiger partial charge in [-0.05, 0) is 12.1 Å². The molecule has 84 valence electrons. The summed E-state index contributed by atoms with van der Waals surface area (Å²) in [6, 6.07) is 5.40. The van der Waals surface area contributed by atoms with Crippen molar-refractivity contribution in [2.45, 2.75) is 12.5 Å². The number of likely N-dealkylation sites (tertiary alicyclic amines) is 1. The number of likely N-dealkylation sites (N-methyl/N-ethyl adjacent to an activating group) is 1. The summed E-state index contributed by atoms with van der Waals surface area (Å²) in [5.41, 5.74) is 0.240. The summed E-state index contributed by atoms with van der Waals surface area (Å²) < 4.78 is 13.3. The molecule has 1 saturated heterocycles. The van der Waals surface area contributed by atoms with E-state index in [0.29, 0.717) is 0 Å². The van der Waals surface area contributed by atoms with Crippen LogP contribution in [0.2, 0.25) is 0 Å². The lowest BCUT2D eigenvalue weighted by molar-refractivity contribution is -0.136. The van der Waals surface area contributed by atoms with E-state index >= 15 is 0 Å². The largest absolute Gasteiger partial charge is 0.371 e. The molecule has 1 aliphatic rings. The number of nitrogens with one attached hydrogen (secondary N) is 1. The number of halogens is 1. The Labute approximate surface area is 92.0 Å². The molecule has 16 heavy (non-hydrogen) atoms. The molecule has 1 unspecified atom stereocenters. The molecule has 2 amide bonds. The molecule has 1 atom stereocenters. The van der Waals surface area contributed by atoms with Crippen LogP contribution in [0, 0.1) is 5.82 Å². The standard InChI is InChI=1S/C11H11FN2O2/c1-14-10(15)6-9(11(14)16)13-8-5-3-2-4-7(8)12/h2-5,9,13H,6H2,1H3. The maximum atomic E-state index is 13.3. The van der Waals surface area contributed by atoms with Gasteiger partial charge in [0.2, 0.25) is 5.91 Å². The van der Waals surface area contributed by atoms with E-state index in [1.165, 1.54) is 19.2 Å². The topological polar surface area (TPSA) is 49.4 Å². The molecule has 1 aliphatic heterocycles. The van der Waals surface area contributed by atoms with Crippen LogP contribution in [0.1, 0.15) is 6.42 Å². The number of nitrogens with zero attached hydrogens (tertiary/aromatic N) is 1. The van der Waals surface area contributed by atoms with E-state index in [2.05, 4.69) is 5.32 Å². The molecule has 1 aromatic carbocycles. The molecule has 1 N–H and O–H groups in total. The predicted octanol–water partition coefficient (Wildman–Crippen LogP) is 0.995. The first-order chi connectivity index (χ1) is 7.59. The molecule has 1 fully saturated rings. The molecule has 5 heteroatoms. The number of benzene rings is 1. The number of anilines is 1. The zero-order valence-corrected chi connectivity index (χ0v) is 8.74. The van der Waals surface area contributed by atoms with Crippen LogP contribution in [0.3, 0.4) is 0 Å². The molecule has 2 rings (SSSR count). The molecular formula is C11H11FN2O2. The molecule has 1 heterocycles. The summed E-state index contributed by atoms with van der Waals surface area (Å²) in [7, 11) is 1.42. The van der Waals surface area contributed by atoms with Crippen molar-refractivity contribution in [3.8, 4) is 0 Å². The fraction of sp³-hybridized carbons (Fsp3) is 0.273. The minimum absolute atomic E-state index is 0.0731. The van der Waals surface area contributed by atoms with Gasteiger partial charge < -0.3 is 5.32 Å². The van der Waals surface area contributed by atoms with Crippen molar-refractivity contribution >= 4 is 17.5 Å². The highest BCUT2D eigenvalue weighted by molar-refractivity contribution is 6.06. The lowest BCUT2D eigenvalue weighted by Crippen LogP contribution is -2.32. The van der Waals surface area contributed by atoms with E-state index in [-0.39, 0.29) is 23.9 Å². The number of hydrogen-bond donors (Lipinski definition) is 1. The lowest BCUT2D eigenvalue weighted by atomic mass is 10.2. The van der Waals surface area contributed by atoms with E-state index in [0.717, 1.165) is 4.90 Å². The van der Waals surface area contributed by atoms with E-state index in [9.17, 15) is 14.0 Å². The number of carbonyl (C=O) groups is 2. The van der Waals surface area contributed by atoms with E-state index in [1.807, 2.05) is 0 Å². The van der Waals surface area contributed by atoms with Gasteiger partial charge in [0, 0.05) is 7.05 Å². The molecule has 0 saturated carbocycles. The Morgan fingerprint density at radius 1 is 1.38 bits per heavy atom. The van der Waals surface area contributed by atoms with Crippen molar-refractivity contribution in [1.29, 1.82) is 0 Å². The van der Waals surface area contributed by atoms with Gasteiger partial charge >= 0.3 is 0 Å². The predicted molar refractivity (Wildman–Crippen MR) is 56.2 cm³/mol. The Morgan fingerprint density at radius 2 is 2.06 bits per heavy atom. The van der Waals surface area contributed by atoms with Crippen LogP contribution >= 0.6 is 0 Å². The van der Waals surface area contributed by atoms with Gasteiger partial charge in [-0.1, -0.05) is 12.1 Å².